The molecule has 0 aliphatic heterocycles. The van der Waals surface area contributed by atoms with E-state index in [0.717, 1.165) is 54.7 Å². The van der Waals surface area contributed by atoms with Crippen LogP contribution in [0.3, 0.4) is 0 Å². The van der Waals surface area contributed by atoms with Gasteiger partial charge in [0.1, 0.15) is 0 Å². The maximum Gasteiger partial charge on any atom is 0.171 e. The Morgan fingerprint density at radius 1 is 0.426 bits per heavy atom. The number of nitrogens with zero attached hydrogens (tertiary/aromatic N) is 2. The molecule has 2 aromatic heterocycles. The highest BCUT2D eigenvalue weighted by Crippen LogP contribution is 2.44. The Morgan fingerprint density at radius 2 is 0.979 bits per heavy atom. The Bertz CT molecular complexity index is 2590. The Balaban J connectivity index is 1.30. The standard InChI is InChI=1S/C43H29N2OP/c46-47(32-16-6-2-7-17-32,33-18-8-3-9-19-33)34-26-24-30(25-27-34)43-37-28-29-40-42(41(37)35-20-10-12-22-38(35)44-43)36-21-11-13-23-39(36)45(40)31-14-4-1-5-15-31/h1-29H. The number of fused-ring (bicyclic) bond motifs is 7. The molecule has 0 spiro atoms. The second-order valence-electron chi connectivity index (χ2n) is 11.9. The summed E-state index contributed by atoms with van der Waals surface area (Å²) in [5.74, 6) is 0. The van der Waals surface area contributed by atoms with E-state index >= 15 is 4.57 Å². The minimum atomic E-state index is -3.08. The average Bonchev–Trinajstić information content (AvgIpc) is 3.50. The lowest BCUT2D eigenvalue weighted by molar-refractivity contribution is 0.592. The Labute approximate surface area is 272 Å². The molecule has 0 aliphatic rings. The van der Waals surface area contributed by atoms with Crippen LogP contribution in [0.15, 0.2) is 176 Å². The first-order valence-electron chi connectivity index (χ1n) is 15.8. The number of pyridine rings is 1. The van der Waals surface area contributed by atoms with Crippen molar-refractivity contribution < 1.29 is 4.57 Å². The van der Waals surface area contributed by atoms with Gasteiger partial charge in [0.15, 0.2) is 7.14 Å². The summed E-state index contributed by atoms with van der Waals surface area (Å²) >= 11 is 0. The Morgan fingerprint density at radius 3 is 1.66 bits per heavy atom. The summed E-state index contributed by atoms with van der Waals surface area (Å²) in [5, 5.41) is 8.29. The van der Waals surface area contributed by atoms with Crippen molar-refractivity contribution in [1.82, 2.24) is 9.55 Å². The topological polar surface area (TPSA) is 34.9 Å². The van der Waals surface area contributed by atoms with Crippen LogP contribution in [0.25, 0.3) is 60.4 Å². The van der Waals surface area contributed by atoms with Crippen molar-refractivity contribution in [2.45, 2.75) is 0 Å². The van der Waals surface area contributed by atoms with E-state index in [4.69, 9.17) is 4.98 Å². The molecule has 0 unspecified atom stereocenters. The van der Waals surface area contributed by atoms with Crippen molar-refractivity contribution in [3.05, 3.63) is 176 Å². The Hall–Kier alpha value is -5.76. The molecule has 3 nitrogen and oxygen atoms in total. The summed E-state index contributed by atoms with van der Waals surface area (Å²) < 4.78 is 17.4. The van der Waals surface area contributed by atoms with Gasteiger partial charge in [0.25, 0.3) is 0 Å². The van der Waals surface area contributed by atoms with E-state index in [1.165, 1.54) is 21.7 Å². The van der Waals surface area contributed by atoms with Crippen LogP contribution in [0.5, 0.6) is 0 Å². The molecule has 9 aromatic rings. The monoisotopic (exact) mass is 620 g/mol. The fourth-order valence-corrected chi connectivity index (χ4v) is 9.78. The molecule has 0 radical (unpaired) electrons. The second kappa shape index (κ2) is 10.9. The largest absolute Gasteiger partial charge is 0.309 e. The van der Waals surface area contributed by atoms with Crippen LogP contribution in [0.4, 0.5) is 0 Å². The number of para-hydroxylation sites is 3. The van der Waals surface area contributed by atoms with E-state index in [1.54, 1.807) is 0 Å². The minimum absolute atomic E-state index is 0.803. The van der Waals surface area contributed by atoms with Gasteiger partial charge in [-0.05, 0) is 30.3 Å². The molecule has 4 heteroatoms. The maximum absolute atomic E-state index is 15.0. The summed E-state index contributed by atoms with van der Waals surface area (Å²) in [6.07, 6.45) is 0. The second-order valence-corrected chi connectivity index (χ2v) is 14.6. The third kappa shape index (κ3) is 4.28. The minimum Gasteiger partial charge on any atom is -0.309 e. The van der Waals surface area contributed by atoms with Gasteiger partial charge in [0.2, 0.25) is 0 Å². The molecule has 9 rings (SSSR count). The number of hydrogen-bond acceptors (Lipinski definition) is 2. The number of hydrogen-bond donors (Lipinski definition) is 0. The molecular formula is C43H29N2OP. The molecule has 2 heterocycles. The molecule has 7 aromatic carbocycles. The van der Waals surface area contributed by atoms with Gasteiger partial charge >= 0.3 is 0 Å². The van der Waals surface area contributed by atoms with Gasteiger partial charge in [0.05, 0.1) is 22.2 Å². The Kier molecular flexibility index (Phi) is 6.41. The van der Waals surface area contributed by atoms with E-state index in [0.29, 0.717) is 0 Å². The first-order valence-corrected chi connectivity index (χ1v) is 17.5. The lowest BCUT2D eigenvalue weighted by atomic mass is 9.96. The van der Waals surface area contributed by atoms with Gasteiger partial charge < -0.3 is 9.13 Å². The van der Waals surface area contributed by atoms with Crippen LogP contribution >= 0.6 is 7.14 Å². The lowest BCUT2D eigenvalue weighted by Crippen LogP contribution is -2.24. The highest BCUT2D eigenvalue weighted by atomic mass is 31.2. The SMILES string of the molecule is O=P(c1ccccc1)(c1ccccc1)c1ccc(-c2nc3ccccc3c3c2ccc2c3c3ccccc3n2-c2ccccc2)cc1. The summed E-state index contributed by atoms with van der Waals surface area (Å²) in [4.78, 5) is 5.26. The predicted molar refractivity (Wildman–Crippen MR) is 198 cm³/mol. The normalized spacial score (nSPS) is 11.9. The third-order valence-corrected chi connectivity index (χ3v) is 12.3. The molecule has 222 valence electrons. The zero-order valence-electron chi connectivity index (χ0n) is 25.5. The van der Waals surface area contributed by atoms with Crippen LogP contribution in [0.2, 0.25) is 0 Å². The molecular weight excluding hydrogens is 591 g/mol. The van der Waals surface area contributed by atoms with Crippen LogP contribution in [0.1, 0.15) is 0 Å². The van der Waals surface area contributed by atoms with Crippen molar-refractivity contribution in [2.75, 3.05) is 0 Å². The molecule has 0 aliphatic carbocycles. The quantitative estimate of drug-likeness (QED) is 0.142. The zero-order valence-corrected chi connectivity index (χ0v) is 26.4. The van der Waals surface area contributed by atoms with E-state index < -0.39 is 7.14 Å². The van der Waals surface area contributed by atoms with Gasteiger partial charge in [-0.15, -0.1) is 0 Å². The van der Waals surface area contributed by atoms with Crippen LogP contribution in [-0.4, -0.2) is 9.55 Å². The van der Waals surface area contributed by atoms with Crippen LogP contribution in [0, 0.1) is 0 Å². The van der Waals surface area contributed by atoms with E-state index in [9.17, 15) is 0 Å². The van der Waals surface area contributed by atoms with Crippen molar-refractivity contribution >= 4 is 66.5 Å². The molecule has 0 amide bonds. The fourth-order valence-electron chi connectivity index (χ4n) is 7.13. The summed E-state index contributed by atoms with van der Waals surface area (Å²) in [5.41, 5.74) is 6.32. The third-order valence-electron chi connectivity index (χ3n) is 9.26. The van der Waals surface area contributed by atoms with E-state index in [1.807, 2.05) is 72.8 Å². The average molecular weight is 621 g/mol. The number of rotatable bonds is 5. The van der Waals surface area contributed by atoms with Crippen LogP contribution < -0.4 is 15.9 Å². The van der Waals surface area contributed by atoms with Gasteiger partial charge in [0, 0.05) is 54.1 Å². The molecule has 0 atom stereocenters. The first kappa shape index (κ1) is 27.5. The van der Waals surface area contributed by atoms with E-state index in [2.05, 4.69) is 108 Å². The lowest BCUT2D eigenvalue weighted by Gasteiger charge is -2.20. The van der Waals surface area contributed by atoms with Crippen molar-refractivity contribution in [3.8, 4) is 16.9 Å². The highest BCUT2D eigenvalue weighted by Gasteiger charge is 2.29. The first-order chi connectivity index (χ1) is 23.2. The van der Waals surface area contributed by atoms with Gasteiger partial charge in [-0.1, -0.05) is 146 Å². The van der Waals surface area contributed by atoms with Crippen molar-refractivity contribution in [2.24, 2.45) is 0 Å². The fraction of sp³-hybridized carbons (Fsp3) is 0. The smallest absolute Gasteiger partial charge is 0.171 e. The number of benzene rings is 7. The zero-order chi connectivity index (χ0) is 31.4. The van der Waals surface area contributed by atoms with Crippen LogP contribution in [-0.2, 0) is 4.57 Å². The summed E-state index contributed by atoms with van der Waals surface area (Å²) in [7, 11) is -3.08. The summed E-state index contributed by atoms with van der Waals surface area (Å²) in [6, 6.07) is 60.0. The summed E-state index contributed by atoms with van der Waals surface area (Å²) in [6.45, 7) is 0. The molecule has 47 heavy (non-hydrogen) atoms. The van der Waals surface area contributed by atoms with Gasteiger partial charge in [-0.25, -0.2) is 4.98 Å². The predicted octanol–water partition coefficient (Wildman–Crippen LogP) is 9.79. The van der Waals surface area contributed by atoms with Gasteiger partial charge in [-0.3, -0.25) is 0 Å². The van der Waals surface area contributed by atoms with Crippen molar-refractivity contribution in [3.63, 3.8) is 0 Å². The highest BCUT2D eigenvalue weighted by molar-refractivity contribution is 7.85. The molecule has 0 fully saturated rings. The molecule has 0 bridgehead atoms. The molecule has 0 N–H and O–H groups in total. The van der Waals surface area contributed by atoms with Crippen molar-refractivity contribution in [1.29, 1.82) is 0 Å². The maximum atomic E-state index is 15.0. The molecule has 0 saturated carbocycles. The number of aromatic nitrogens is 2. The molecule has 0 saturated heterocycles. The van der Waals surface area contributed by atoms with E-state index in [-0.39, 0.29) is 0 Å². The van der Waals surface area contributed by atoms with Gasteiger partial charge in [-0.2, -0.15) is 0 Å².